The molecule has 7 aromatic carbocycles. The number of hydrogen-bond donors (Lipinski definition) is 0. The van der Waals surface area contributed by atoms with Gasteiger partial charge in [0.25, 0.3) is 0 Å². The van der Waals surface area contributed by atoms with Gasteiger partial charge in [0.05, 0.1) is 33.5 Å². The van der Waals surface area contributed by atoms with Gasteiger partial charge in [-0.15, -0.1) is 0 Å². The van der Waals surface area contributed by atoms with Crippen LogP contribution in [0.3, 0.4) is 0 Å². The topological polar surface area (TPSA) is 48.8 Å². The molecule has 4 heterocycles. The standard InChI is InChI=1S/C46H28N4O/c1-4-14-29(15-5-1)35-28-36(30-16-6-2-7-17-30)48-46(47-35)50-37-22-12-10-20-32(37)33-24-25-39-44(45(33)50)43-38(49(39)31-18-8-3-9-19-31)26-27-41-42(43)34-21-11-13-23-40(34)51-41/h1-28H. The van der Waals surface area contributed by atoms with E-state index in [2.05, 4.69) is 161 Å². The number of nitrogens with zero attached hydrogens (tertiary/aromatic N) is 4. The van der Waals surface area contributed by atoms with Crippen LogP contribution in [0.2, 0.25) is 0 Å². The van der Waals surface area contributed by atoms with Crippen molar-refractivity contribution in [2.45, 2.75) is 0 Å². The fourth-order valence-electron chi connectivity index (χ4n) is 7.97. The highest BCUT2D eigenvalue weighted by Gasteiger charge is 2.25. The van der Waals surface area contributed by atoms with E-state index >= 15 is 0 Å². The van der Waals surface area contributed by atoms with Gasteiger partial charge in [-0.2, -0.15) is 0 Å². The summed E-state index contributed by atoms with van der Waals surface area (Å²) in [4.78, 5) is 10.7. The van der Waals surface area contributed by atoms with Crippen LogP contribution >= 0.6 is 0 Å². The van der Waals surface area contributed by atoms with Crippen molar-refractivity contribution in [2.75, 3.05) is 0 Å². The number of aromatic nitrogens is 4. The van der Waals surface area contributed by atoms with Crippen molar-refractivity contribution in [3.63, 3.8) is 0 Å². The van der Waals surface area contributed by atoms with Gasteiger partial charge in [0.1, 0.15) is 11.2 Å². The Bertz CT molecular complexity index is 3060. The highest BCUT2D eigenvalue weighted by atomic mass is 16.3. The van der Waals surface area contributed by atoms with Crippen LogP contribution in [0.1, 0.15) is 0 Å². The highest BCUT2D eigenvalue weighted by molar-refractivity contribution is 6.34. The molecule has 0 fully saturated rings. The predicted molar refractivity (Wildman–Crippen MR) is 209 cm³/mol. The largest absolute Gasteiger partial charge is 0.456 e. The molecule has 0 aliphatic heterocycles. The average molecular weight is 653 g/mol. The maximum atomic E-state index is 6.50. The normalized spacial score (nSPS) is 11.9. The minimum absolute atomic E-state index is 0.624. The first-order valence-corrected chi connectivity index (χ1v) is 17.2. The van der Waals surface area contributed by atoms with Crippen molar-refractivity contribution < 1.29 is 4.42 Å². The van der Waals surface area contributed by atoms with Gasteiger partial charge in [-0.1, -0.05) is 121 Å². The van der Waals surface area contributed by atoms with Crippen LogP contribution < -0.4 is 0 Å². The summed E-state index contributed by atoms with van der Waals surface area (Å²) in [5, 5.41) is 6.77. The summed E-state index contributed by atoms with van der Waals surface area (Å²) in [6.45, 7) is 0. The number of furan rings is 1. The van der Waals surface area contributed by atoms with Gasteiger partial charge in [0.15, 0.2) is 0 Å². The fraction of sp³-hybridized carbons (Fsp3) is 0. The molecule has 5 nitrogen and oxygen atoms in total. The van der Waals surface area contributed by atoms with Gasteiger partial charge in [-0.3, -0.25) is 4.57 Å². The molecule has 238 valence electrons. The maximum absolute atomic E-state index is 6.50. The summed E-state index contributed by atoms with van der Waals surface area (Å²) in [5.74, 6) is 0.624. The zero-order valence-electron chi connectivity index (χ0n) is 27.4. The lowest BCUT2D eigenvalue weighted by Gasteiger charge is -2.12. The van der Waals surface area contributed by atoms with Crippen LogP contribution in [-0.4, -0.2) is 19.1 Å². The van der Waals surface area contributed by atoms with E-state index in [1.807, 2.05) is 18.2 Å². The molecule has 0 amide bonds. The Balaban J connectivity index is 1.37. The Hall–Kier alpha value is -6.98. The molecule has 0 N–H and O–H groups in total. The predicted octanol–water partition coefficient (Wildman–Crippen LogP) is 11.9. The lowest BCUT2D eigenvalue weighted by atomic mass is 10.0. The second-order valence-corrected chi connectivity index (χ2v) is 13.0. The molecule has 11 aromatic rings. The lowest BCUT2D eigenvalue weighted by Crippen LogP contribution is -2.04. The van der Waals surface area contributed by atoms with E-state index in [0.717, 1.165) is 93.8 Å². The van der Waals surface area contributed by atoms with Crippen molar-refractivity contribution in [1.82, 2.24) is 19.1 Å². The Morgan fingerprint density at radius 1 is 0.392 bits per heavy atom. The molecule has 0 aliphatic rings. The summed E-state index contributed by atoms with van der Waals surface area (Å²) in [6.07, 6.45) is 0. The molecule has 0 saturated carbocycles. The molecule has 0 saturated heterocycles. The summed E-state index contributed by atoms with van der Waals surface area (Å²) in [5.41, 5.74) is 11.0. The van der Waals surface area contributed by atoms with E-state index in [-0.39, 0.29) is 0 Å². The molecular weight excluding hydrogens is 625 g/mol. The van der Waals surface area contributed by atoms with Crippen molar-refractivity contribution in [3.05, 3.63) is 170 Å². The summed E-state index contributed by atoms with van der Waals surface area (Å²) >= 11 is 0. The molecule has 0 spiro atoms. The van der Waals surface area contributed by atoms with Crippen molar-refractivity contribution in [1.29, 1.82) is 0 Å². The molecule has 0 unspecified atom stereocenters. The Morgan fingerprint density at radius 3 is 1.71 bits per heavy atom. The average Bonchev–Trinajstić information content (AvgIpc) is 3.86. The molecule has 5 heteroatoms. The zero-order valence-corrected chi connectivity index (χ0v) is 27.4. The first-order valence-electron chi connectivity index (χ1n) is 17.2. The third kappa shape index (κ3) is 4.09. The van der Waals surface area contributed by atoms with E-state index in [0.29, 0.717) is 5.95 Å². The lowest BCUT2D eigenvalue weighted by molar-refractivity contribution is 0.669. The third-order valence-electron chi connectivity index (χ3n) is 10.1. The van der Waals surface area contributed by atoms with Crippen molar-refractivity contribution in [2.24, 2.45) is 0 Å². The molecule has 11 rings (SSSR count). The second-order valence-electron chi connectivity index (χ2n) is 13.0. The van der Waals surface area contributed by atoms with Gasteiger partial charge in [0, 0.05) is 49.1 Å². The Kier molecular flexibility index (Phi) is 5.89. The van der Waals surface area contributed by atoms with Gasteiger partial charge in [-0.05, 0) is 48.5 Å². The van der Waals surface area contributed by atoms with E-state index in [1.54, 1.807) is 0 Å². The van der Waals surface area contributed by atoms with Crippen LogP contribution in [0.4, 0.5) is 0 Å². The Labute approximate surface area is 292 Å². The number of hydrogen-bond acceptors (Lipinski definition) is 3. The van der Waals surface area contributed by atoms with E-state index in [1.165, 1.54) is 0 Å². The molecular formula is C46H28N4O. The number of fused-ring (bicyclic) bond motifs is 11. The first kappa shape index (κ1) is 27.9. The molecule has 0 aliphatic carbocycles. The SMILES string of the molecule is c1ccc(-c2cc(-c3ccccc3)nc(-n3c4ccccc4c4ccc5c(c6c7c(ccc6n5-c5ccccc5)oc5ccccc57)c43)n2)cc1. The van der Waals surface area contributed by atoms with Gasteiger partial charge in [-0.25, -0.2) is 9.97 Å². The highest BCUT2D eigenvalue weighted by Crippen LogP contribution is 2.46. The molecule has 0 bridgehead atoms. The molecule has 4 aromatic heterocycles. The van der Waals surface area contributed by atoms with Crippen LogP contribution in [0, 0.1) is 0 Å². The van der Waals surface area contributed by atoms with E-state index in [4.69, 9.17) is 14.4 Å². The minimum Gasteiger partial charge on any atom is -0.456 e. The van der Waals surface area contributed by atoms with Crippen LogP contribution in [0.15, 0.2) is 174 Å². The number of benzene rings is 7. The third-order valence-corrected chi connectivity index (χ3v) is 10.1. The summed E-state index contributed by atoms with van der Waals surface area (Å²) in [6, 6.07) is 59.3. The smallest absolute Gasteiger partial charge is 0.235 e. The molecule has 51 heavy (non-hydrogen) atoms. The van der Waals surface area contributed by atoms with Crippen LogP contribution in [0.25, 0.3) is 99.7 Å². The molecule has 0 radical (unpaired) electrons. The van der Waals surface area contributed by atoms with Crippen molar-refractivity contribution in [3.8, 4) is 34.2 Å². The second kappa shape index (κ2) is 10.8. The number of rotatable bonds is 4. The summed E-state index contributed by atoms with van der Waals surface area (Å²) in [7, 11) is 0. The first-order chi connectivity index (χ1) is 25.3. The summed E-state index contributed by atoms with van der Waals surface area (Å²) < 4.78 is 11.2. The monoisotopic (exact) mass is 652 g/mol. The minimum atomic E-state index is 0.624. The quantitative estimate of drug-likeness (QED) is 0.190. The fourth-order valence-corrected chi connectivity index (χ4v) is 7.97. The number of para-hydroxylation sites is 3. The van der Waals surface area contributed by atoms with Gasteiger partial charge >= 0.3 is 0 Å². The zero-order chi connectivity index (χ0) is 33.5. The van der Waals surface area contributed by atoms with E-state index in [9.17, 15) is 0 Å². The van der Waals surface area contributed by atoms with Gasteiger partial charge in [0.2, 0.25) is 5.95 Å². The van der Waals surface area contributed by atoms with Crippen LogP contribution in [-0.2, 0) is 0 Å². The molecule has 0 atom stereocenters. The van der Waals surface area contributed by atoms with E-state index < -0.39 is 0 Å². The maximum Gasteiger partial charge on any atom is 0.235 e. The van der Waals surface area contributed by atoms with Gasteiger partial charge < -0.3 is 8.98 Å². The van der Waals surface area contributed by atoms with Crippen molar-refractivity contribution >= 4 is 65.6 Å². The van der Waals surface area contributed by atoms with Crippen LogP contribution in [0.5, 0.6) is 0 Å². The Morgan fingerprint density at radius 2 is 0.980 bits per heavy atom.